The highest BCUT2D eigenvalue weighted by Gasteiger charge is 2.20. The summed E-state index contributed by atoms with van der Waals surface area (Å²) in [7, 11) is 0. The largest absolute Gasteiger partial charge is 0.368 e. The number of amides is 1. The van der Waals surface area contributed by atoms with Crippen molar-refractivity contribution in [3.8, 4) is 0 Å². The molecular formula is C17H27N3O. The number of benzene rings is 1. The van der Waals surface area contributed by atoms with Crippen molar-refractivity contribution in [3.05, 3.63) is 30.3 Å². The summed E-state index contributed by atoms with van der Waals surface area (Å²) < 4.78 is 0. The zero-order valence-corrected chi connectivity index (χ0v) is 13.2. The molecule has 1 heterocycles. The van der Waals surface area contributed by atoms with Gasteiger partial charge in [0.25, 0.3) is 0 Å². The molecule has 0 radical (unpaired) electrons. The quantitative estimate of drug-likeness (QED) is 0.813. The van der Waals surface area contributed by atoms with E-state index in [-0.39, 0.29) is 5.91 Å². The van der Waals surface area contributed by atoms with E-state index in [1.165, 1.54) is 5.69 Å². The van der Waals surface area contributed by atoms with Crippen LogP contribution < -0.4 is 10.2 Å². The van der Waals surface area contributed by atoms with Crippen molar-refractivity contribution in [2.75, 3.05) is 44.2 Å². The van der Waals surface area contributed by atoms with E-state index in [9.17, 15) is 4.79 Å². The van der Waals surface area contributed by atoms with E-state index >= 15 is 0 Å². The monoisotopic (exact) mass is 289 g/mol. The Kier molecular flexibility index (Phi) is 6.05. The first-order chi connectivity index (χ1) is 10.2. The molecule has 4 nitrogen and oxygen atoms in total. The Morgan fingerprint density at radius 3 is 2.43 bits per heavy atom. The molecule has 2 rings (SSSR count). The third-order valence-electron chi connectivity index (χ3n) is 3.93. The van der Waals surface area contributed by atoms with Crippen LogP contribution >= 0.6 is 0 Å². The average Bonchev–Trinajstić information content (AvgIpc) is 2.52. The first-order valence-corrected chi connectivity index (χ1v) is 7.95. The number of piperazine rings is 1. The van der Waals surface area contributed by atoms with Gasteiger partial charge in [-0.25, -0.2) is 0 Å². The molecule has 0 aliphatic carbocycles. The van der Waals surface area contributed by atoms with Crippen molar-refractivity contribution in [1.29, 1.82) is 0 Å². The minimum Gasteiger partial charge on any atom is -0.368 e. The highest BCUT2D eigenvalue weighted by atomic mass is 16.2. The van der Waals surface area contributed by atoms with Gasteiger partial charge in [-0.1, -0.05) is 32.0 Å². The van der Waals surface area contributed by atoms with Gasteiger partial charge in [0.1, 0.15) is 0 Å². The second-order valence-corrected chi connectivity index (χ2v) is 6.06. The number of para-hydroxylation sites is 1. The Labute approximate surface area is 128 Å². The number of rotatable bonds is 6. The van der Waals surface area contributed by atoms with Crippen LogP contribution in [0.4, 0.5) is 5.69 Å². The molecule has 0 spiro atoms. The van der Waals surface area contributed by atoms with E-state index in [4.69, 9.17) is 0 Å². The molecule has 1 amide bonds. The molecule has 1 saturated heterocycles. The molecule has 0 aromatic heterocycles. The summed E-state index contributed by atoms with van der Waals surface area (Å²) in [6.07, 6.45) is 1.12. The lowest BCUT2D eigenvalue weighted by atomic mass is 10.1. The molecular weight excluding hydrogens is 262 g/mol. The predicted molar refractivity (Wildman–Crippen MR) is 87.6 cm³/mol. The Morgan fingerprint density at radius 2 is 1.81 bits per heavy atom. The second kappa shape index (κ2) is 8.03. The molecule has 1 aromatic rings. The van der Waals surface area contributed by atoms with Gasteiger partial charge in [-0.2, -0.15) is 0 Å². The molecule has 0 unspecified atom stereocenters. The number of nitrogens with one attached hydrogen (secondary N) is 1. The third-order valence-corrected chi connectivity index (χ3v) is 3.93. The van der Waals surface area contributed by atoms with E-state index in [0.29, 0.717) is 12.5 Å². The summed E-state index contributed by atoms with van der Waals surface area (Å²) in [6, 6.07) is 10.4. The van der Waals surface area contributed by atoms with Gasteiger partial charge in [0, 0.05) is 31.9 Å². The molecule has 0 atom stereocenters. The van der Waals surface area contributed by atoms with Crippen molar-refractivity contribution >= 4 is 11.6 Å². The van der Waals surface area contributed by atoms with Crippen LogP contribution in [-0.4, -0.2) is 50.1 Å². The summed E-state index contributed by atoms with van der Waals surface area (Å²) in [5, 5.41) is 3.25. The Balaban J connectivity index is 1.70. The maximum Gasteiger partial charge on any atom is 0.236 e. The molecule has 4 heteroatoms. The Hall–Kier alpha value is -1.55. The first kappa shape index (κ1) is 15.8. The molecule has 116 valence electrons. The summed E-state index contributed by atoms with van der Waals surface area (Å²) in [4.78, 5) is 16.4. The van der Waals surface area contributed by atoms with Gasteiger partial charge >= 0.3 is 0 Å². The van der Waals surface area contributed by atoms with Crippen LogP contribution in [0.15, 0.2) is 30.3 Å². The minimum atomic E-state index is 0.228. The molecule has 1 N–H and O–H groups in total. The van der Waals surface area contributed by atoms with E-state index in [1.54, 1.807) is 0 Å². The SMILES string of the molecule is CC(C)CCNCC(=O)N1CCN(c2ccccc2)CC1. The standard InChI is InChI=1S/C17H27N3O/c1-15(2)8-9-18-14-17(21)20-12-10-19(11-13-20)16-6-4-3-5-7-16/h3-7,15,18H,8-14H2,1-2H3. The van der Waals surface area contributed by atoms with E-state index < -0.39 is 0 Å². The van der Waals surface area contributed by atoms with E-state index in [1.807, 2.05) is 11.0 Å². The maximum absolute atomic E-state index is 12.1. The van der Waals surface area contributed by atoms with Gasteiger partial charge < -0.3 is 15.1 Å². The maximum atomic E-state index is 12.1. The number of carbonyl (C=O) groups is 1. The van der Waals surface area contributed by atoms with Crippen molar-refractivity contribution in [2.24, 2.45) is 5.92 Å². The van der Waals surface area contributed by atoms with E-state index in [0.717, 1.165) is 39.1 Å². The van der Waals surface area contributed by atoms with Gasteiger partial charge in [-0.3, -0.25) is 4.79 Å². The normalized spacial score (nSPS) is 15.6. The van der Waals surface area contributed by atoms with Gasteiger partial charge in [0.2, 0.25) is 5.91 Å². The number of hydrogen-bond acceptors (Lipinski definition) is 3. The van der Waals surface area contributed by atoms with Crippen LogP contribution in [0.2, 0.25) is 0 Å². The molecule has 1 aromatic carbocycles. The summed E-state index contributed by atoms with van der Waals surface area (Å²) in [5.74, 6) is 0.911. The zero-order chi connectivity index (χ0) is 15.1. The molecule has 1 fully saturated rings. The van der Waals surface area contributed by atoms with Gasteiger partial charge in [0.05, 0.1) is 6.54 Å². The van der Waals surface area contributed by atoms with Gasteiger partial charge in [-0.05, 0) is 31.0 Å². The molecule has 0 saturated carbocycles. The first-order valence-electron chi connectivity index (χ1n) is 7.95. The number of hydrogen-bond donors (Lipinski definition) is 1. The van der Waals surface area contributed by atoms with Gasteiger partial charge in [-0.15, -0.1) is 0 Å². The zero-order valence-electron chi connectivity index (χ0n) is 13.2. The van der Waals surface area contributed by atoms with Crippen molar-refractivity contribution in [3.63, 3.8) is 0 Å². The van der Waals surface area contributed by atoms with Crippen LogP contribution in [0.5, 0.6) is 0 Å². The molecule has 21 heavy (non-hydrogen) atoms. The fourth-order valence-corrected chi connectivity index (χ4v) is 2.55. The van der Waals surface area contributed by atoms with Crippen LogP contribution in [0, 0.1) is 5.92 Å². The summed E-state index contributed by atoms with van der Waals surface area (Å²) in [6.45, 7) is 9.27. The summed E-state index contributed by atoms with van der Waals surface area (Å²) in [5.41, 5.74) is 1.25. The fourth-order valence-electron chi connectivity index (χ4n) is 2.55. The van der Waals surface area contributed by atoms with Crippen molar-refractivity contribution in [1.82, 2.24) is 10.2 Å². The molecule has 1 aliphatic heterocycles. The number of nitrogens with zero attached hydrogens (tertiary/aromatic N) is 2. The Bertz CT molecular complexity index is 425. The van der Waals surface area contributed by atoms with E-state index in [2.05, 4.69) is 48.3 Å². The number of anilines is 1. The fraction of sp³-hybridized carbons (Fsp3) is 0.588. The van der Waals surface area contributed by atoms with Gasteiger partial charge in [0.15, 0.2) is 0 Å². The van der Waals surface area contributed by atoms with Crippen LogP contribution in [0.3, 0.4) is 0 Å². The van der Waals surface area contributed by atoms with Crippen LogP contribution in [-0.2, 0) is 4.79 Å². The lowest BCUT2D eigenvalue weighted by Crippen LogP contribution is -2.51. The minimum absolute atomic E-state index is 0.228. The van der Waals surface area contributed by atoms with Crippen LogP contribution in [0.1, 0.15) is 20.3 Å². The lowest BCUT2D eigenvalue weighted by molar-refractivity contribution is -0.130. The Morgan fingerprint density at radius 1 is 1.14 bits per heavy atom. The highest BCUT2D eigenvalue weighted by molar-refractivity contribution is 5.78. The smallest absolute Gasteiger partial charge is 0.236 e. The van der Waals surface area contributed by atoms with Crippen molar-refractivity contribution in [2.45, 2.75) is 20.3 Å². The summed E-state index contributed by atoms with van der Waals surface area (Å²) >= 11 is 0. The number of carbonyl (C=O) groups excluding carboxylic acids is 1. The predicted octanol–water partition coefficient (Wildman–Crippen LogP) is 1.97. The molecule has 0 bridgehead atoms. The van der Waals surface area contributed by atoms with Crippen molar-refractivity contribution < 1.29 is 4.79 Å². The van der Waals surface area contributed by atoms with Crippen LogP contribution in [0.25, 0.3) is 0 Å². The third kappa shape index (κ3) is 5.05. The average molecular weight is 289 g/mol. The lowest BCUT2D eigenvalue weighted by Gasteiger charge is -2.36. The topological polar surface area (TPSA) is 35.6 Å². The second-order valence-electron chi connectivity index (χ2n) is 6.06. The highest BCUT2D eigenvalue weighted by Crippen LogP contribution is 2.15. The molecule has 1 aliphatic rings.